The van der Waals surface area contributed by atoms with Gasteiger partial charge in [-0.3, -0.25) is 4.72 Å². The van der Waals surface area contributed by atoms with Gasteiger partial charge in [-0.25, -0.2) is 12.8 Å². The molecule has 0 heterocycles. The molecule has 2 rings (SSSR count). The normalized spacial score (nSPS) is 10.9. The van der Waals surface area contributed by atoms with Crippen LogP contribution in [-0.2, 0) is 10.0 Å². The second-order valence-electron chi connectivity index (χ2n) is 4.09. The Kier molecular flexibility index (Phi) is 4.16. The maximum absolute atomic E-state index is 13.7. The molecule has 0 fully saturated rings. The number of nitrogen functional groups attached to an aromatic ring is 1. The number of hydrogen-bond acceptors (Lipinski definition) is 4. The Hall–Kier alpha value is -2.11. The number of nitrogens with zero attached hydrogens (tertiary/aromatic N) is 1. The van der Waals surface area contributed by atoms with Crippen LogP contribution in [0.1, 0.15) is 5.56 Å². The Morgan fingerprint density at radius 3 is 2.52 bits per heavy atom. The smallest absolute Gasteiger partial charge is 0.264 e. The van der Waals surface area contributed by atoms with Crippen LogP contribution in [0.2, 0.25) is 0 Å². The monoisotopic (exact) mass is 369 g/mol. The number of nitrogens with one attached hydrogen (secondary N) is 1. The van der Waals surface area contributed by atoms with E-state index in [0.717, 1.165) is 12.1 Å². The number of nitriles is 1. The fourth-order valence-electron chi connectivity index (χ4n) is 1.62. The van der Waals surface area contributed by atoms with Crippen LogP contribution in [-0.4, -0.2) is 8.42 Å². The fourth-order valence-corrected chi connectivity index (χ4v) is 3.10. The molecule has 108 valence electrons. The SMILES string of the molecule is N#Cc1ccc(NS(=O)(=O)c2ccc(Br)cc2F)c(N)c1. The van der Waals surface area contributed by atoms with E-state index in [1.165, 1.54) is 24.3 Å². The number of anilines is 2. The van der Waals surface area contributed by atoms with Gasteiger partial charge in [0.1, 0.15) is 10.7 Å². The van der Waals surface area contributed by atoms with E-state index in [0.29, 0.717) is 10.0 Å². The second kappa shape index (κ2) is 5.71. The average molecular weight is 370 g/mol. The van der Waals surface area contributed by atoms with Crippen LogP contribution in [0.15, 0.2) is 45.8 Å². The number of halogens is 2. The predicted molar refractivity (Wildman–Crippen MR) is 80.5 cm³/mol. The lowest BCUT2D eigenvalue weighted by atomic mass is 10.2. The molecule has 2 aromatic rings. The highest BCUT2D eigenvalue weighted by Crippen LogP contribution is 2.25. The molecular weight excluding hydrogens is 361 g/mol. The highest BCUT2D eigenvalue weighted by Gasteiger charge is 2.20. The quantitative estimate of drug-likeness (QED) is 0.812. The Morgan fingerprint density at radius 2 is 1.95 bits per heavy atom. The summed E-state index contributed by atoms with van der Waals surface area (Å²) in [5, 5.41) is 8.73. The summed E-state index contributed by atoms with van der Waals surface area (Å²) in [6.07, 6.45) is 0. The van der Waals surface area contributed by atoms with Crippen molar-refractivity contribution in [3.8, 4) is 6.07 Å². The zero-order valence-corrected chi connectivity index (χ0v) is 12.9. The molecule has 0 spiro atoms. The van der Waals surface area contributed by atoms with Crippen molar-refractivity contribution >= 4 is 37.3 Å². The van der Waals surface area contributed by atoms with E-state index in [4.69, 9.17) is 11.0 Å². The molecule has 0 saturated heterocycles. The van der Waals surface area contributed by atoms with Crippen molar-refractivity contribution < 1.29 is 12.8 Å². The number of rotatable bonds is 3. The number of sulfonamides is 1. The molecule has 2 aromatic carbocycles. The fraction of sp³-hybridized carbons (Fsp3) is 0. The first kappa shape index (κ1) is 15.3. The van der Waals surface area contributed by atoms with E-state index in [1.54, 1.807) is 0 Å². The molecule has 8 heteroatoms. The molecule has 0 aliphatic heterocycles. The van der Waals surface area contributed by atoms with E-state index in [-0.39, 0.29) is 11.4 Å². The van der Waals surface area contributed by atoms with Crippen molar-refractivity contribution in [2.24, 2.45) is 0 Å². The van der Waals surface area contributed by atoms with Crippen LogP contribution in [0.5, 0.6) is 0 Å². The summed E-state index contributed by atoms with van der Waals surface area (Å²) in [5.41, 5.74) is 6.12. The summed E-state index contributed by atoms with van der Waals surface area (Å²) in [6.45, 7) is 0. The summed E-state index contributed by atoms with van der Waals surface area (Å²) < 4.78 is 40.7. The molecule has 3 N–H and O–H groups in total. The van der Waals surface area contributed by atoms with Gasteiger partial charge < -0.3 is 5.73 Å². The Balaban J connectivity index is 2.40. The van der Waals surface area contributed by atoms with Gasteiger partial charge in [-0.1, -0.05) is 15.9 Å². The van der Waals surface area contributed by atoms with Crippen molar-refractivity contribution in [2.75, 3.05) is 10.5 Å². The van der Waals surface area contributed by atoms with Crippen LogP contribution < -0.4 is 10.5 Å². The average Bonchev–Trinajstić information content (AvgIpc) is 2.40. The molecule has 0 aliphatic rings. The lowest BCUT2D eigenvalue weighted by Gasteiger charge is -2.11. The molecule has 0 bridgehead atoms. The third-order valence-electron chi connectivity index (χ3n) is 2.61. The summed E-state index contributed by atoms with van der Waals surface area (Å²) in [4.78, 5) is -0.491. The highest BCUT2D eigenvalue weighted by molar-refractivity contribution is 9.10. The van der Waals surface area contributed by atoms with Crippen LogP contribution in [0.25, 0.3) is 0 Å². The molecule has 5 nitrogen and oxygen atoms in total. The van der Waals surface area contributed by atoms with Gasteiger partial charge in [0.15, 0.2) is 0 Å². The summed E-state index contributed by atoms with van der Waals surface area (Å²) >= 11 is 3.05. The van der Waals surface area contributed by atoms with Crippen LogP contribution in [0, 0.1) is 17.1 Å². The maximum Gasteiger partial charge on any atom is 0.264 e. The molecule has 0 aliphatic carbocycles. The van der Waals surface area contributed by atoms with Crippen molar-refractivity contribution in [2.45, 2.75) is 4.90 Å². The summed E-state index contributed by atoms with van der Waals surface area (Å²) in [7, 11) is -4.11. The molecule has 0 saturated carbocycles. The van der Waals surface area contributed by atoms with Gasteiger partial charge >= 0.3 is 0 Å². The predicted octanol–water partition coefficient (Wildman–Crippen LogP) is 2.84. The van der Waals surface area contributed by atoms with Crippen molar-refractivity contribution in [1.29, 1.82) is 5.26 Å². The van der Waals surface area contributed by atoms with Gasteiger partial charge in [0.2, 0.25) is 0 Å². The van der Waals surface area contributed by atoms with Gasteiger partial charge in [0.25, 0.3) is 10.0 Å². The highest BCUT2D eigenvalue weighted by atomic mass is 79.9. The second-order valence-corrected chi connectivity index (χ2v) is 6.66. The van der Waals surface area contributed by atoms with Crippen LogP contribution in [0.3, 0.4) is 0 Å². The van der Waals surface area contributed by atoms with E-state index in [9.17, 15) is 12.8 Å². The standard InChI is InChI=1S/C13H9BrFN3O2S/c14-9-2-4-13(10(15)6-9)21(19,20)18-12-3-1-8(7-16)5-11(12)17/h1-6,18H,17H2. The number of nitrogens with two attached hydrogens (primary N) is 1. The summed E-state index contributed by atoms with van der Waals surface area (Å²) in [6, 6.07) is 9.58. The lowest BCUT2D eigenvalue weighted by molar-refractivity contribution is 0.570. The van der Waals surface area contributed by atoms with Gasteiger partial charge in [0.05, 0.1) is 23.0 Å². The van der Waals surface area contributed by atoms with Crippen molar-refractivity contribution in [3.63, 3.8) is 0 Å². The third kappa shape index (κ3) is 3.32. The Morgan fingerprint density at radius 1 is 1.24 bits per heavy atom. The Bertz CT molecular complexity index is 847. The van der Waals surface area contributed by atoms with Gasteiger partial charge in [-0.05, 0) is 36.4 Å². The third-order valence-corrected chi connectivity index (χ3v) is 4.50. The van der Waals surface area contributed by atoms with Crippen LogP contribution in [0.4, 0.5) is 15.8 Å². The topological polar surface area (TPSA) is 96.0 Å². The molecule has 0 amide bonds. The molecule has 0 aromatic heterocycles. The first-order valence-electron chi connectivity index (χ1n) is 5.61. The van der Waals surface area contributed by atoms with Crippen molar-refractivity contribution in [3.05, 3.63) is 52.3 Å². The lowest BCUT2D eigenvalue weighted by Crippen LogP contribution is -2.15. The van der Waals surface area contributed by atoms with Gasteiger partial charge in [0, 0.05) is 4.47 Å². The largest absolute Gasteiger partial charge is 0.397 e. The van der Waals surface area contributed by atoms with Gasteiger partial charge in [-0.15, -0.1) is 0 Å². The first-order valence-corrected chi connectivity index (χ1v) is 7.88. The molecular formula is C13H9BrFN3O2S. The minimum atomic E-state index is -4.11. The first-order chi connectivity index (χ1) is 9.83. The zero-order valence-electron chi connectivity index (χ0n) is 10.5. The van der Waals surface area contributed by atoms with Gasteiger partial charge in [-0.2, -0.15) is 5.26 Å². The Labute approximate surface area is 129 Å². The zero-order chi connectivity index (χ0) is 15.6. The minimum Gasteiger partial charge on any atom is -0.397 e. The molecule has 0 unspecified atom stereocenters. The number of benzene rings is 2. The van der Waals surface area contributed by atoms with E-state index in [2.05, 4.69) is 20.7 Å². The van der Waals surface area contributed by atoms with Crippen molar-refractivity contribution in [1.82, 2.24) is 0 Å². The summed E-state index contributed by atoms with van der Waals surface area (Å²) in [5.74, 6) is -0.885. The number of hydrogen-bond donors (Lipinski definition) is 2. The maximum atomic E-state index is 13.7. The molecule has 0 atom stereocenters. The van der Waals surface area contributed by atoms with E-state index >= 15 is 0 Å². The molecule has 21 heavy (non-hydrogen) atoms. The van der Waals surface area contributed by atoms with Crippen LogP contribution >= 0.6 is 15.9 Å². The minimum absolute atomic E-state index is 0.0788. The molecule has 0 radical (unpaired) electrons. The van der Waals surface area contributed by atoms with E-state index in [1.807, 2.05) is 6.07 Å². The van der Waals surface area contributed by atoms with E-state index < -0.39 is 20.7 Å².